The van der Waals surface area contributed by atoms with Gasteiger partial charge >= 0.3 is 6.09 Å². The second-order valence-electron chi connectivity index (χ2n) is 4.93. The third-order valence-corrected chi connectivity index (χ3v) is 3.46. The van der Waals surface area contributed by atoms with Crippen molar-refractivity contribution < 1.29 is 19.5 Å². The monoisotopic (exact) mass is 311 g/mol. The number of benzene rings is 2. The van der Waals surface area contributed by atoms with Crippen LogP contribution in [0.2, 0.25) is 0 Å². The topological polar surface area (TPSA) is 98.7 Å². The van der Waals surface area contributed by atoms with Gasteiger partial charge in [0.15, 0.2) is 0 Å². The van der Waals surface area contributed by atoms with Gasteiger partial charge in [0, 0.05) is 11.4 Å². The Morgan fingerprint density at radius 1 is 0.913 bits per heavy atom. The summed E-state index contributed by atoms with van der Waals surface area (Å²) >= 11 is 0. The van der Waals surface area contributed by atoms with Gasteiger partial charge in [-0.25, -0.2) is 4.79 Å². The van der Waals surface area contributed by atoms with E-state index in [0.717, 1.165) is 4.90 Å². The lowest BCUT2D eigenvalue weighted by atomic mass is 10.1. The summed E-state index contributed by atoms with van der Waals surface area (Å²) in [5, 5.41) is 13.8. The Hall–Kier alpha value is -3.35. The molecule has 3 rings (SSSR count). The van der Waals surface area contributed by atoms with Crippen LogP contribution < -0.4 is 10.6 Å². The number of nitrogens with one attached hydrogen (secondary N) is 2. The van der Waals surface area contributed by atoms with E-state index in [1.54, 1.807) is 48.5 Å². The fraction of sp³-hybridized carbons (Fsp3) is 0.0625. The first-order chi connectivity index (χ1) is 11.1. The maximum Gasteiger partial charge on any atom is 0.409 e. The SMILES string of the molecule is O=C(O)Nc1ccc(NCN2C(=O)c3ccccc3C2=O)cc1. The number of amides is 3. The number of fused-ring (bicyclic) bond motifs is 1. The van der Waals surface area contributed by atoms with Crippen molar-refractivity contribution >= 4 is 29.3 Å². The van der Waals surface area contributed by atoms with Gasteiger partial charge in [0.05, 0.1) is 17.8 Å². The molecule has 1 aliphatic heterocycles. The third-order valence-electron chi connectivity index (χ3n) is 3.46. The molecule has 23 heavy (non-hydrogen) atoms. The molecule has 0 aliphatic carbocycles. The summed E-state index contributed by atoms with van der Waals surface area (Å²) in [4.78, 5) is 36.0. The van der Waals surface area contributed by atoms with Crippen LogP contribution >= 0.6 is 0 Å². The van der Waals surface area contributed by atoms with Gasteiger partial charge in [0.2, 0.25) is 0 Å². The molecule has 0 spiro atoms. The number of carbonyl (C=O) groups excluding carboxylic acids is 2. The van der Waals surface area contributed by atoms with Crippen molar-refractivity contribution in [3.63, 3.8) is 0 Å². The van der Waals surface area contributed by atoms with Crippen LogP contribution in [0, 0.1) is 0 Å². The second-order valence-corrected chi connectivity index (χ2v) is 4.93. The van der Waals surface area contributed by atoms with Crippen LogP contribution in [0.25, 0.3) is 0 Å². The first-order valence-corrected chi connectivity index (χ1v) is 6.85. The molecule has 3 amide bonds. The molecule has 2 aromatic carbocycles. The summed E-state index contributed by atoms with van der Waals surface area (Å²) in [6.45, 7) is 0.0397. The van der Waals surface area contributed by atoms with E-state index < -0.39 is 6.09 Å². The largest absolute Gasteiger partial charge is 0.465 e. The molecule has 7 heteroatoms. The Balaban J connectivity index is 1.66. The van der Waals surface area contributed by atoms with Crippen molar-refractivity contribution in [2.45, 2.75) is 0 Å². The predicted octanol–water partition coefficient (Wildman–Crippen LogP) is 2.44. The highest BCUT2D eigenvalue weighted by atomic mass is 16.4. The number of hydrogen-bond acceptors (Lipinski definition) is 4. The van der Waals surface area contributed by atoms with Crippen molar-refractivity contribution in [2.24, 2.45) is 0 Å². The van der Waals surface area contributed by atoms with Gasteiger partial charge in [0.1, 0.15) is 0 Å². The van der Waals surface area contributed by atoms with Crippen molar-refractivity contribution in [3.8, 4) is 0 Å². The smallest absolute Gasteiger partial charge is 0.409 e. The molecule has 0 atom stereocenters. The lowest BCUT2D eigenvalue weighted by Gasteiger charge is -2.15. The van der Waals surface area contributed by atoms with Crippen molar-refractivity contribution in [2.75, 3.05) is 17.3 Å². The number of carboxylic acid groups (broad SMARTS) is 1. The van der Waals surface area contributed by atoms with E-state index in [9.17, 15) is 14.4 Å². The Bertz CT molecular complexity index is 751. The lowest BCUT2D eigenvalue weighted by Crippen LogP contribution is -2.34. The number of nitrogens with zero attached hydrogens (tertiary/aromatic N) is 1. The number of hydrogen-bond donors (Lipinski definition) is 3. The number of rotatable bonds is 4. The van der Waals surface area contributed by atoms with Gasteiger partial charge in [-0.05, 0) is 36.4 Å². The molecule has 0 bridgehead atoms. The maximum atomic E-state index is 12.2. The van der Waals surface area contributed by atoms with Crippen molar-refractivity contribution in [1.29, 1.82) is 0 Å². The number of carbonyl (C=O) groups is 3. The van der Waals surface area contributed by atoms with E-state index in [4.69, 9.17) is 5.11 Å². The first kappa shape index (κ1) is 14.6. The zero-order valence-electron chi connectivity index (χ0n) is 11.9. The summed E-state index contributed by atoms with van der Waals surface area (Å²) in [5.41, 5.74) is 1.90. The quantitative estimate of drug-likeness (QED) is 0.753. The van der Waals surface area contributed by atoms with Gasteiger partial charge in [0.25, 0.3) is 11.8 Å². The van der Waals surface area contributed by atoms with E-state index in [1.165, 1.54) is 0 Å². The van der Waals surface area contributed by atoms with Crippen LogP contribution in [0.15, 0.2) is 48.5 Å². The fourth-order valence-corrected chi connectivity index (χ4v) is 2.35. The molecule has 7 nitrogen and oxygen atoms in total. The number of anilines is 2. The lowest BCUT2D eigenvalue weighted by molar-refractivity contribution is 0.0665. The zero-order chi connectivity index (χ0) is 16.4. The maximum absolute atomic E-state index is 12.2. The van der Waals surface area contributed by atoms with Crippen LogP contribution in [-0.4, -0.2) is 34.6 Å². The van der Waals surface area contributed by atoms with Crippen molar-refractivity contribution in [3.05, 3.63) is 59.7 Å². The van der Waals surface area contributed by atoms with Gasteiger partial charge in [-0.3, -0.25) is 19.8 Å². The Morgan fingerprint density at radius 3 is 1.96 bits per heavy atom. The zero-order valence-corrected chi connectivity index (χ0v) is 11.9. The average molecular weight is 311 g/mol. The van der Waals surface area contributed by atoms with E-state index in [-0.39, 0.29) is 18.5 Å². The van der Waals surface area contributed by atoms with Gasteiger partial charge in [-0.1, -0.05) is 12.1 Å². The molecular weight excluding hydrogens is 298 g/mol. The normalized spacial score (nSPS) is 13.0. The Kier molecular flexibility index (Phi) is 3.68. The fourth-order valence-electron chi connectivity index (χ4n) is 2.35. The minimum Gasteiger partial charge on any atom is -0.465 e. The molecule has 0 radical (unpaired) electrons. The highest BCUT2D eigenvalue weighted by Gasteiger charge is 2.34. The molecule has 0 saturated heterocycles. The van der Waals surface area contributed by atoms with E-state index in [2.05, 4.69) is 10.6 Å². The molecule has 0 unspecified atom stereocenters. The Morgan fingerprint density at radius 2 is 1.43 bits per heavy atom. The van der Waals surface area contributed by atoms with E-state index >= 15 is 0 Å². The van der Waals surface area contributed by atoms with Gasteiger partial charge < -0.3 is 10.4 Å². The summed E-state index contributed by atoms with van der Waals surface area (Å²) in [5.74, 6) is -0.662. The molecule has 0 saturated carbocycles. The molecule has 1 aliphatic rings. The van der Waals surface area contributed by atoms with Crippen LogP contribution in [-0.2, 0) is 0 Å². The standard InChI is InChI=1S/C16H13N3O4/c20-14-12-3-1-2-4-13(12)15(21)19(14)9-17-10-5-7-11(8-6-10)18-16(22)23/h1-8,17-18H,9H2,(H,22,23). The highest BCUT2D eigenvalue weighted by molar-refractivity contribution is 6.21. The first-order valence-electron chi connectivity index (χ1n) is 6.85. The summed E-state index contributed by atoms with van der Waals surface area (Å²) in [6.07, 6.45) is -1.14. The summed E-state index contributed by atoms with van der Waals surface area (Å²) < 4.78 is 0. The highest BCUT2D eigenvalue weighted by Crippen LogP contribution is 2.22. The Labute approximate surface area is 131 Å². The molecular formula is C16H13N3O4. The van der Waals surface area contributed by atoms with Crippen LogP contribution in [0.3, 0.4) is 0 Å². The average Bonchev–Trinajstić information content (AvgIpc) is 2.78. The van der Waals surface area contributed by atoms with Gasteiger partial charge in [-0.2, -0.15) is 0 Å². The summed E-state index contributed by atoms with van der Waals surface area (Å²) in [6, 6.07) is 13.2. The minimum atomic E-state index is -1.14. The molecule has 116 valence electrons. The molecule has 0 fully saturated rings. The van der Waals surface area contributed by atoms with Gasteiger partial charge in [-0.15, -0.1) is 0 Å². The van der Waals surface area contributed by atoms with Crippen LogP contribution in [0.4, 0.5) is 16.2 Å². The van der Waals surface area contributed by atoms with Crippen LogP contribution in [0.5, 0.6) is 0 Å². The van der Waals surface area contributed by atoms with Crippen molar-refractivity contribution in [1.82, 2.24) is 4.90 Å². The molecule has 0 aromatic heterocycles. The minimum absolute atomic E-state index is 0.0397. The molecule has 2 aromatic rings. The summed E-state index contributed by atoms with van der Waals surface area (Å²) in [7, 11) is 0. The number of imide groups is 1. The molecule has 3 N–H and O–H groups in total. The van der Waals surface area contributed by atoms with Crippen LogP contribution in [0.1, 0.15) is 20.7 Å². The molecule has 1 heterocycles. The predicted molar refractivity (Wildman–Crippen MR) is 83.5 cm³/mol. The van der Waals surface area contributed by atoms with E-state index in [1.807, 2.05) is 0 Å². The third kappa shape index (κ3) is 2.84. The van der Waals surface area contributed by atoms with E-state index in [0.29, 0.717) is 22.5 Å². The second kappa shape index (κ2) is 5.80.